The lowest BCUT2D eigenvalue weighted by Gasteiger charge is -2.09. The molecule has 6 heteroatoms. The molecule has 2 aromatic carbocycles. The summed E-state index contributed by atoms with van der Waals surface area (Å²) in [7, 11) is 0. The lowest BCUT2D eigenvalue weighted by molar-refractivity contribution is -0.137. The fraction of sp³-hybridized carbons (Fsp3) is 0.211. The van der Waals surface area contributed by atoms with E-state index in [-0.39, 0.29) is 0 Å². The number of aryl methyl sites for hydroxylation is 1. The minimum atomic E-state index is -4.31. The molecule has 0 bridgehead atoms. The summed E-state index contributed by atoms with van der Waals surface area (Å²) < 4.78 is 38.2. The van der Waals surface area contributed by atoms with Gasteiger partial charge in [-0.05, 0) is 29.7 Å². The number of rotatable bonds is 5. The van der Waals surface area contributed by atoms with Crippen molar-refractivity contribution >= 4 is 11.3 Å². The summed E-state index contributed by atoms with van der Waals surface area (Å²) in [4.78, 5) is 5.49. The number of aromatic nitrogens is 1. The van der Waals surface area contributed by atoms with Crippen molar-refractivity contribution in [3.8, 4) is 10.4 Å². The van der Waals surface area contributed by atoms with E-state index in [0.717, 1.165) is 21.5 Å². The van der Waals surface area contributed by atoms with E-state index in [2.05, 4.69) is 29.4 Å². The number of halogens is 3. The van der Waals surface area contributed by atoms with Gasteiger partial charge in [-0.15, -0.1) is 11.3 Å². The number of benzene rings is 2. The van der Waals surface area contributed by atoms with Crippen molar-refractivity contribution in [3.05, 3.63) is 76.4 Å². The molecule has 0 unspecified atom stereocenters. The second-order valence-electron chi connectivity index (χ2n) is 5.73. The summed E-state index contributed by atoms with van der Waals surface area (Å²) in [6.07, 6.45) is -2.47. The summed E-state index contributed by atoms with van der Waals surface area (Å²) in [6, 6.07) is 13.5. The van der Waals surface area contributed by atoms with Crippen LogP contribution in [0.3, 0.4) is 0 Å². The summed E-state index contributed by atoms with van der Waals surface area (Å²) in [6.45, 7) is 2.94. The molecule has 130 valence electrons. The summed E-state index contributed by atoms with van der Waals surface area (Å²) in [5.74, 6) is 0. The summed E-state index contributed by atoms with van der Waals surface area (Å²) >= 11 is 1.59. The maximum atomic E-state index is 12.7. The van der Waals surface area contributed by atoms with Crippen LogP contribution in [-0.4, -0.2) is 4.98 Å². The third-order valence-electron chi connectivity index (χ3n) is 3.82. The first-order chi connectivity index (χ1) is 11.9. The van der Waals surface area contributed by atoms with Crippen molar-refractivity contribution < 1.29 is 13.2 Å². The van der Waals surface area contributed by atoms with E-state index in [0.29, 0.717) is 18.7 Å². The van der Waals surface area contributed by atoms with Crippen LogP contribution in [0, 0.1) is 6.92 Å². The lowest BCUT2D eigenvalue weighted by atomic mass is 10.1. The standard InChI is InChI=1S/C19H17F3N2S/c1-13-5-2-3-8-16(13)17-11-24-18(25-17)12-23-10-14-6-4-7-15(9-14)19(20,21)22/h2-9,11,23H,10,12H2,1H3. The Balaban J connectivity index is 1.61. The van der Waals surface area contributed by atoms with Gasteiger partial charge in [0.15, 0.2) is 0 Å². The van der Waals surface area contributed by atoms with Crippen molar-refractivity contribution in [3.63, 3.8) is 0 Å². The van der Waals surface area contributed by atoms with Gasteiger partial charge in [0.25, 0.3) is 0 Å². The molecule has 3 aromatic rings. The molecule has 1 heterocycles. The second-order valence-corrected chi connectivity index (χ2v) is 6.85. The Labute approximate surface area is 148 Å². The largest absolute Gasteiger partial charge is 0.416 e. The lowest BCUT2D eigenvalue weighted by Crippen LogP contribution is -2.13. The highest BCUT2D eigenvalue weighted by molar-refractivity contribution is 7.15. The first-order valence-corrected chi connectivity index (χ1v) is 8.63. The van der Waals surface area contributed by atoms with Gasteiger partial charge in [0.05, 0.1) is 10.4 Å². The van der Waals surface area contributed by atoms with Crippen LogP contribution in [0.15, 0.2) is 54.7 Å². The highest BCUT2D eigenvalue weighted by Gasteiger charge is 2.30. The topological polar surface area (TPSA) is 24.9 Å². The maximum Gasteiger partial charge on any atom is 0.416 e. The fourth-order valence-corrected chi connectivity index (χ4v) is 3.52. The quantitative estimate of drug-likeness (QED) is 0.655. The van der Waals surface area contributed by atoms with E-state index >= 15 is 0 Å². The van der Waals surface area contributed by atoms with Gasteiger partial charge in [0.2, 0.25) is 0 Å². The van der Waals surface area contributed by atoms with Crippen LogP contribution in [0.4, 0.5) is 13.2 Å². The van der Waals surface area contributed by atoms with Gasteiger partial charge in [-0.2, -0.15) is 13.2 Å². The minimum absolute atomic E-state index is 0.364. The predicted molar refractivity (Wildman–Crippen MR) is 94.3 cm³/mol. The Kier molecular flexibility index (Phi) is 5.20. The van der Waals surface area contributed by atoms with E-state index in [4.69, 9.17) is 0 Å². The smallest absolute Gasteiger partial charge is 0.306 e. The Morgan fingerprint density at radius 3 is 2.60 bits per heavy atom. The highest BCUT2D eigenvalue weighted by atomic mass is 32.1. The van der Waals surface area contributed by atoms with Crippen molar-refractivity contribution in [2.45, 2.75) is 26.2 Å². The average Bonchev–Trinajstić information content (AvgIpc) is 3.03. The normalized spacial score (nSPS) is 11.7. The van der Waals surface area contributed by atoms with Crippen LogP contribution in [0.1, 0.15) is 21.7 Å². The zero-order valence-electron chi connectivity index (χ0n) is 13.6. The van der Waals surface area contributed by atoms with Crippen molar-refractivity contribution in [1.82, 2.24) is 10.3 Å². The van der Waals surface area contributed by atoms with E-state index in [1.807, 2.05) is 18.3 Å². The summed E-state index contributed by atoms with van der Waals surface area (Å²) in [5, 5.41) is 4.06. The van der Waals surface area contributed by atoms with Crippen molar-refractivity contribution in [1.29, 1.82) is 0 Å². The number of hydrogen-bond donors (Lipinski definition) is 1. The van der Waals surface area contributed by atoms with Crippen LogP contribution < -0.4 is 5.32 Å². The molecule has 0 spiro atoms. The Hall–Kier alpha value is -2.18. The van der Waals surface area contributed by atoms with Gasteiger partial charge in [-0.3, -0.25) is 0 Å². The molecule has 0 amide bonds. The van der Waals surface area contributed by atoms with Gasteiger partial charge in [0, 0.05) is 19.3 Å². The first-order valence-electron chi connectivity index (χ1n) is 7.81. The second kappa shape index (κ2) is 7.37. The van der Waals surface area contributed by atoms with Crippen molar-refractivity contribution in [2.75, 3.05) is 0 Å². The number of nitrogens with one attached hydrogen (secondary N) is 1. The third-order valence-corrected chi connectivity index (χ3v) is 4.85. The molecule has 2 nitrogen and oxygen atoms in total. The number of hydrogen-bond acceptors (Lipinski definition) is 3. The van der Waals surface area contributed by atoms with Crippen LogP contribution in [0.5, 0.6) is 0 Å². The molecular formula is C19H17F3N2S. The van der Waals surface area contributed by atoms with E-state index < -0.39 is 11.7 Å². The molecule has 0 saturated carbocycles. The molecule has 0 aliphatic heterocycles. The summed E-state index contributed by atoms with van der Waals surface area (Å²) in [5.41, 5.74) is 2.33. The predicted octanol–water partition coefficient (Wildman–Crippen LogP) is 5.43. The minimum Gasteiger partial charge on any atom is -0.306 e. The molecule has 1 N–H and O–H groups in total. The third kappa shape index (κ3) is 4.46. The zero-order chi connectivity index (χ0) is 17.9. The molecule has 0 radical (unpaired) electrons. The highest BCUT2D eigenvalue weighted by Crippen LogP contribution is 2.30. The van der Waals surface area contributed by atoms with Crippen LogP contribution in [0.2, 0.25) is 0 Å². The number of nitrogens with zero attached hydrogens (tertiary/aromatic N) is 1. The first kappa shape index (κ1) is 17.6. The molecule has 0 fully saturated rings. The van der Waals surface area contributed by atoms with Gasteiger partial charge < -0.3 is 5.32 Å². The zero-order valence-corrected chi connectivity index (χ0v) is 14.4. The molecule has 3 rings (SSSR count). The van der Waals surface area contributed by atoms with Crippen LogP contribution in [0.25, 0.3) is 10.4 Å². The molecule has 1 aromatic heterocycles. The monoisotopic (exact) mass is 362 g/mol. The Morgan fingerprint density at radius 2 is 1.84 bits per heavy atom. The van der Waals surface area contributed by atoms with Gasteiger partial charge in [0.1, 0.15) is 5.01 Å². The van der Waals surface area contributed by atoms with Gasteiger partial charge in [-0.25, -0.2) is 4.98 Å². The molecular weight excluding hydrogens is 345 g/mol. The van der Waals surface area contributed by atoms with E-state index in [1.165, 1.54) is 17.7 Å². The van der Waals surface area contributed by atoms with Gasteiger partial charge in [-0.1, -0.05) is 42.5 Å². The maximum absolute atomic E-state index is 12.7. The fourth-order valence-electron chi connectivity index (χ4n) is 2.54. The van der Waals surface area contributed by atoms with Gasteiger partial charge >= 0.3 is 6.18 Å². The Morgan fingerprint density at radius 1 is 1.04 bits per heavy atom. The van der Waals surface area contributed by atoms with Crippen molar-refractivity contribution in [2.24, 2.45) is 0 Å². The van der Waals surface area contributed by atoms with E-state index in [9.17, 15) is 13.2 Å². The Bertz CT molecular complexity index is 856. The van der Waals surface area contributed by atoms with E-state index in [1.54, 1.807) is 17.4 Å². The van der Waals surface area contributed by atoms with Crippen LogP contribution >= 0.6 is 11.3 Å². The number of alkyl halides is 3. The molecule has 0 aliphatic rings. The molecule has 0 saturated heterocycles. The number of thiazole rings is 1. The molecule has 25 heavy (non-hydrogen) atoms. The average molecular weight is 362 g/mol. The molecule has 0 aliphatic carbocycles. The van der Waals surface area contributed by atoms with Crippen LogP contribution in [-0.2, 0) is 19.3 Å². The molecule has 0 atom stereocenters. The SMILES string of the molecule is Cc1ccccc1-c1cnc(CNCc2cccc(C(F)(F)F)c2)s1.